The minimum absolute atomic E-state index is 0.0374. The van der Waals surface area contributed by atoms with Crippen LogP contribution in [0.25, 0.3) is 11.4 Å². The van der Waals surface area contributed by atoms with Gasteiger partial charge in [0.15, 0.2) is 0 Å². The number of benzene rings is 1. The predicted octanol–water partition coefficient (Wildman–Crippen LogP) is 4.07. The third kappa shape index (κ3) is 4.68. The zero-order chi connectivity index (χ0) is 19.8. The van der Waals surface area contributed by atoms with E-state index in [0.717, 1.165) is 25.9 Å². The molecule has 1 saturated heterocycles. The fourth-order valence-electron chi connectivity index (χ4n) is 2.99. The van der Waals surface area contributed by atoms with Crippen LogP contribution in [-0.2, 0) is 18.9 Å². The van der Waals surface area contributed by atoms with Crippen molar-refractivity contribution < 1.29 is 26.3 Å². The van der Waals surface area contributed by atoms with E-state index in [9.17, 15) is 31.1 Å². The van der Waals surface area contributed by atoms with Gasteiger partial charge >= 0.3 is 12.4 Å². The summed E-state index contributed by atoms with van der Waals surface area (Å²) in [4.78, 5) is 20.2. The normalized spacial score (nSPS) is 16.1. The van der Waals surface area contributed by atoms with Crippen LogP contribution in [0.2, 0.25) is 0 Å². The van der Waals surface area contributed by atoms with Crippen molar-refractivity contribution in [1.29, 1.82) is 0 Å². The molecule has 0 unspecified atom stereocenters. The highest BCUT2D eigenvalue weighted by atomic mass is 19.4. The van der Waals surface area contributed by atoms with Gasteiger partial charge in [-0.1, -0.05) is 0 Å². The Kier molecular flexibility index (Phi) is 5.02. The van der Waals surface area contributed by atoms with E-state index in [1.165, 1.54) is 6.07 Å². The number of hydrogen-bond donors (Lipinski definition) is 1. The first-order valence-electron chi connectivity index (χ1n) is 8.15. The lowest BCUT2D eigenvalue weighted by molar-refractivity contribution is -0.143. The second-order valence-corrected chi connectivity index (χ2v) is 6.36. The summed E-state index contributed by atoms with van der Waals surface area (Å²) in [5, 5.41) is 0. The number of hydrogen-bond acceptors (Lipinski definition) is 3. The molecule has 3 rings (SSSR count). The number of H-pyrrole nitrogens is 1. The van der Waals surface area contributed by atoms with Gasteiger partial charge in [0.2, 0.25) is 0 Å². The minimum atomic E-state index is -4.97. The molecular weight excluding hydrogens is 376 g/mol. The van der Waals surface area contributed by atoms with Crippen LogP contribution in [0.5, 0.6) is 0 Å². The van der Waals surface area contributed by atoms with Crippen molar-refractivity contribution in [2.45, 2.75) is 31.7 Å². The summed E-state index contributed by atoms with van der Waals surface area (Å²) in [7, 11) is 0. The molecule has 4 nitrogen and oxygen atoms in total. The number of halogens is 6. The number of aromatic amines is 1. The molecule has 1 fully saturated rings. The molecule has 0 radical (unpaired) electrons. The molecule has 0 saturated carbocycles. The standard InChI is InChI=1S/C17H15F6N3O/c18-16(19,20)11-5-10(6-12(7-11)17(21,22)23)15-24-13(8-14(27)25-15)9-26-3-1-2-4-26/h5-8H,1-4,9H2,(H,24,25,27). The Labute approximate surface area is 149 Å². The van der Waals surface area contributed by atoms with Crippen molar-refractivity contribution in [2.75, 3.05) is 13.1 Å². The zero-order valence-electron chi connectivity index (χ0n) is 13.9. The second-order valence-electron chi connectivity index (χ2n) is 6.36. The van der Waals surface area contributed by atoms with Crippen molar-refractivity contribution in [3.63, 3.8) is 0 Å². The number of nitrogens with zero attached hydrogens (tertiary/aromatic N) is 2. The molecule has 10 heteroatoms. The zero-order valence-corrected chi connectivity index (χ0v) is 13.9. The molecule has 146 valence electrons. The van der Waals surface area contributed by atoms with Gasteiger partial charge < -0.3 is 4.98 Å². The van der Waals surface area contributed by atoms with Crippen LogP contribution in [0.1, 0.15) is 29.7 Å². The molecule has 0 bridgehead atoms. The number of rotatable bonds is 3. The van der Waals surface area contributed by atoms with Gasteiger partial charge in [-0.15, -0.1) is 0 Å². The summed E-state index contributed by atoms with van der Waals surface area (Å²) in [6.07, 6.45) is -7.97. The topological polar surface area (TPSA) is 49.0 Å². The van der Waals surface area contributed by atoms with Crippen LogP contribution in [0.4, 0.5) is 26.3 Å². The summed E-state index contributed by atoms with van der Waals surface area (Å²) in [5.41, 5.74) is -3.71. The van der Waals surface area contributed by atoms with E-state index in [1.807, 2.05) is 4.90 Å². The summed E-state index contributed by atoms with van der Waals surface area (Å²) < 4.78 is 78.1. The third-order valence-electron chi connectivity index (χ3n) is 4.24. The molecule has 0 aliphatic carbocycles. The van der Waals surface area contributed by atoms with Crippen LogP contribution in [0.3, 0.4) is 0 Å². The maximum atomic E-state index is 13.0. The lowest BCUT2D eigenvalue weighted by Crippen LogP contribution is -2.21. The fourth-order valence-corrected chi connectivity index (χ4v) is 2.99. The van der Waals surface area contributed by atoms with E-state index in [0.29, 0.717) is 24.4 Å². The minimum Gasteiger partial charge on any atom is -0.307 e. The van der Waals surface area contributed by atoms with Gasteiger partial charge in [-0.05, 0) is 44.1 Å². The molecule has 0 amide bonds. The van der Waals surface area contributed by atoms with Crippen LogP contribution < -0.4 is 5.56 Å². The summed E-state index contributed by atoms with van der Waals surface area (Å²) in [6, 6.07) is 2.33. The Morgan fingerprint density at radius 3 is 2.00 bits per heavy atom. The molecule has 1 N–H and O–H groups in total. The molecule has 2 heterocycles. The molecule has 27 heavy (non-hydrogen) atoms. The Balaban J connectivity index is 2.06. The van der Waals surface area contributed by atoms with Crippen molar-refractivity contribution in [3.05, 3.63) is 51.4 Å². The molecule has 0 atom stereocenters. The van der Waals surface area contributed by atoms with Crippen LogP contribution in [0, 0.1) is 0 Å². The highest BCUT2D eigenvalue weighted by Gasteiger charge is 2.37. The first-order chi connectivity index (χ1) is 12.5. The third-order valence-corrected chi connectivity index (χ3v) is 4.24. The van der Waals surface area contributed by atoms with Crippen LogP contribution in [-0.4, -0.2) is 28.0 Å². The monoisotopic (exact) mass is 391 g/mol. The Bertz CT molecular complexity index is 849. The van der Waals surface area contributed by atoms with E-state index in [1.54, 1.807) is 0 Å². The largest absolute Gasteiger partial charge is 0.416 e. The second kappa shape index (κ2) is 6.99. The Hall–Kier alpha value is -2.36. The summed E-state index contributed by atoms with van der Waals surface area (Å²) >= 11 is 0. The highest BCUT2D eigenvalue weighted by Crippen LogP contribution is 2.38. The molecule has 1 aliphatic rings. The quantitative estimate of drug-likeness (QED) is 0.803. The number of alkyl halides is 6. The van der Waals surface area contributed by atoms with Crippen molar-refractivity contribution in [1.82, 2.24) is 14.9 Å². The lowest BCUT2D eigenvalue weighted by Gasteiger charge is -2.16. The average molecular weight is 391 g/mol. The van der Waals surface area contributed by atoms with Crippen LogP contribution >= 0.6 is 0 Å². The number of aromatic nitrogens is 2. The van der Waals surface area contributed by atoms with E-state index in [2.05, 4.69) is 9.97 Å². The summed E-state index contributed by atoms with van der Waals surface area (Å²) in [6.45, 7) is 1.90. The molecule has 1 aromatic heterocycles. The number of likely N-dealkylation sites (tertiary alicyclic amines) is 1. The predicted molar refractivity (Wildman–Crippen MR) is 84.8 cm³/mol. The maximum absolute atomic E-state index is 13.0. The SMILES string of the molecule is O=c1cc(CN2CCCC2)nc(-c2cc(C(F)(F)F)cc(C(F)(F)F)c2)[nH]1. The van der Waals surface area contributed by atoms with Gasteiger partial charge in [-0.2, -0.15) is 26.3 Å². The van der Waals surface area contributed by atoms with Crippen molar-refractivity contribution >= 4 is 0 Å². The average Bonchev–Trinajstić information content (AvgIpc) is 3.05. The van der Waals surface area contributed by atoms with Gasteiger partial charge in [0.05, 0.1) is 16.8 Å². The van der Waals surface area contributed by atoms with Gasteiger partial charge in [-0.3, -0.25) is 9.69 Å². The van der Waals surface area contributed by atoms with Gasteiger partial charge in [-0.25, -0.2) is 4.98 Å². The maximum Gasteiger partial charge on any atom is 0.416 e. The molecule has 1 aliphatic heterocycles. The first-order valence-corrected chi connectivity index (χ1v) is 8.15. The van der Waals surface area contributed by atoms with Crippen molar-refractivity contribution in [2.24, 2.45) is 0 Å². The smallest absolute Gasteiger partial charge is 0.307 e. The van der Waals surface area contributed by atoms with Gasteiger partial charge in [0.1, 0.15) is 5.82 Å². The number of nitrogens with one attached hydrogen (secondary N) is 1. The molecule has 2 aromatic rings. The fraction of sp³-hybridized carbons (Fsp3) is 0.412. The molecule has 1 aromatic carbocycles. The van der Waals surface area contributed by atoms with Crippen molar-refractivity contribution in [3.8, 4) is 11.4 Å². The summed E-state index contributed by atoms with van der Waals surface area (Å²) in [5.74, 6) is -0.326. The van der Waals surface area contributed by atoms with E-state index in [-0.39, 0.29) is 11.9 Å². The first kappa shape index (κ1) is 19.4. The van der Waals surface area contributed by atoms with Crippen LogP contribution in [0.15, 0.2) is 29.1 Å². The highest BCUT2D eigenvalue weighted by molar-refractivity contribution is 5.58. The van der Waals surface area contributed by atoms with Gasteiger partial charge in [0, 0.05) is 18.2 Å². The van der Waals surface area contributed by atoms with E-state index in [4.69, 9.17) is 0 Å². The Morgan fingerprint density at radius 1 is 0.926 bits per heavy atom. The molecular formula is C17H15F6N3O. The van der Waals surface area contributed by atoms with E-state index >= 15 is 0 Å². The Morgan fingerprint density at radius 2 is 1.48 bits per heavy atom. The van der Waals surface area contributed by atoms with E-state index < -0.39 is 34.6 Å². The lowest BCUT2D eigenvalue weighted by atomic mass is 10.0. The molecule has 0 spiro atoms. The van der Waals surface area contributed by atoms with Gasteiger partial charge in [0.25, 0.3) is 5.56 Å².